The smallest absolute Gasteiger partial charge is 0.206 e. The molecule has 114 valence electrons. The lowest BCUT2D eigenvalue weighted by atomic mass is 10.1. The zero-order valence-corrected chi connectivity index (χ0v) is 13.2. The fraction of sp³-hybridized carbons (Fsp3) is 0.800. The van der Waals surface area contributed by atoms with Crippen LogP contribution in [-0.2, 0) is 11.2 Å². The van der Waals surface area contributed by atoms with Gasteiger partial charge in [0.25, 0.3) is 0 Å². The van der Waals surface area contributed by atoms with Crippen molar-refractivity contribution in [3.05, 3.63) is 11.9 Å². The highest BCUT2D eigenvalue weighted by atomic mass is 16.5. The molecule has 1 aromatic heterocycles. The van der Waals surface area contributed by atoms with Crippen molar-refractivity contribution in [2.24, 2.45) is 0 Å². The van der Waals surface area contributed by atoms with Crippen LogP contribution in [0.15, 0.2) is 6.20 Å². The first kappa shape index (κ1) is 15.3. The van der Waals surface area contributed by atoms with Gasteiger partial charge in [0.15, 0.2) is 0 Å². The van der Waals surface area contributed by atoms with Crippen molar-refractivity contribution in [3.8, 4) is 0 Å². The SMILES string of the molecule is CCc1cn(C(C)COC)c(N2CCCC(NC)C2)n1. The number of nitrogens with one attached hydrogen (secondary N) is 1. The highest BCUT2D eigenvalue weighted by molar-refractivity contribution is 5.35. The Hall–Kier alpha value is -1.07. The molecule has 0 amide bonds. The predicted octanol–water partition coefficient (Wildman–Crippen LogP) is 1.84. The molecule has 2 atom stereocenters. The maximum absolute atomic E-state index is 5.31. The molecule has 2 unspecified atom stereocenters. The van der Waals surface area contributed by atoms with Crippen molar-refractivity contribution >= 4 is 5.95 Å². The zero-order chi connectivity index (χ0) is 14.5. The monoisotopic (exact) mass is 280 g/mol. The zero-order valence-electron chi connectivity index (χ0n) is 13.2. The number of anilines is 1. The molecule has 1 saturated heterocycles. The summed E-state index contributed by atoms with van der Waals surface area (Å²) in [6.07, 6.45) is 5.63. The van der Waals surface area contributed by atoms with Crippen LogP contribution in [0.3, 0.4) is 0 Å². The largest absolute Gasteiger partial charge is 0.383 e. The molecular weight excluding hydrogens is 252 g/mol. The molecule has 1 fully saturated rings. The average molecular weight is 280 g/mol. The Kier molecular flexibility index (Phi) is 5.43. The lowest BCUT2D eigenvalue weighted by molar-refractivity contribution is 0.162. The number of hydrogen-bond acceptors (Lipinski definition) is 4. The molecule has 5 nitrogen and oxygen atoms in total. The van der Waals surface area contributed by atoms with Gasteiger partial charge in [-0.1, -0.05) is 6.92 Å². The number of aryl methyl sites for hydroxylation is 1. The summed E-state index contributed by atoms with van der Waals surface area (Å²) >= 11 is 0. The quantitative estimate of drug-likeness (QED) is 0.863. The standard InChI is InChI=1S/C15H28N4O/c1-5-13-10-19(12(2)11-20-4)15(17-13)18-8-6-7-14(9-18)16-3/h10,12,14,16H,5-9,11H2,1-4H3. The highest BCUT2D eigenvalue weighted by Gasteiger charge is 2.24. The number of ether oxygens (including phenoxy) is 1. The lowest BCUT2D eigenvalue weighted by Gasteiger charge is -2.34. The number of likely N-dealkylation sites (N-methyl/N-ethyl adjacent to an activating group) is 1. The molecule has 0 saturated carbocycles. The predicted molar refractivity (Wildman–Crippen MR) is 82.5 cm³/mol. The van der Waals surface area contributed by atoms with Gasteiger partial charge in [-0.15, -0.1) is 0 Å². The number of piperidine rings is 1. The number of aromatic nitrogens is 2. The van der Waals surface area contributed by atoms with E-state index < -0.39 is 0 Å². The Morgan fingerprint density at radius 1 is 1.55 bits per heavy atom. The summed E-state index contributed by atoms with van der Waals surface area (Å²) < 4.78 is 7.58. The van der Waals surface area contributed by atoms with Crippen LogP contribution in [-0.4, -0.2) is 49.4 Å². The van der Waals surface area contributed by atoms with E-state index >= 15 is 0 Å². The number of imidazole rings is 1. The van der Waals surface area contributed by atoms with E-state index in [0.29, 0.717) is 12.1 Å². The molecule has 0 radical (unpaired) electrons. The molecule has 1 aliphatic heterocycles. The van der Waals surface area contributed by atoms with Gasteiger partial charge in [-0.2, -0.15) is 0 Å². The second-order valence-corrected chi connectivity index (χ2v) is 5.67. The first-order chi connectivity index (χ1) is 9.69. The highest BCUT2D eigenvalue weighted by Crippen LogP contribution is 2.24. The van der Waals surface area contributed by atoms with E-state index in [1.807, 2.05) is 7.05 Å². The van der Waals surface area contributed by atoms with Crippen molar-refractivity contribution in [1.29, 1.82) is 0 Å². The molecule has 1 N–H and O–H groups in total. The summed E-state index contributed by atoms with van der Waals surface area (Å²) in [6.45, 7) is 7.20. The third-order valence-corrected chi connectivity index (χ3v) is 4.12. The van der Waals surface area contributed by atoms with E-state index in [1.165, 1.54) is 12.8 Å². The minimum absolute atomic E-state index is 0.317. The van der Waals surface area contributed by atoms with Crippen molar-refractivity contribution in [2.45, 2.75) is 45.2 Å². The average Bonchev–Trinajstić information content (AvgIpc) is 2.92. The van der Waals surface area contributed by atoms with Gasteiger partial charge in [0.1, 0.15) is 0 Å². The molecule has 2 rings (SSSR count). The third kappa shape index (κ3) is 3.33. The molecule has 0 bridgehead atoms. The van der Waals surface area contributed by atoms with Crippen LogP contribution in [0.25, 0.3) is 0 Å². The molecule has 0 spiro atoms. The van der Waals surface area contributed by atoms with Gasteiger partial charge >= 0.3 is 0 Å². The maximum atomic E-state index is 5.31. The molecule has 2 heterocycles. The third-order valence-electron chi connectivity index (χ3n) is 4.12. The van der Waals surface area contributed by atoms with E-state index in [0.717, 1.165) is 37.8 Å². The minimum Gasteiger partial charge on any atom is -0.383 e. The second-order valence-electron chi connectivity index (χ2n) is 5.67. The normalized spacial score (nSPS) is 21.2. The van der Waals surface area contributed by atoms with Crippen molar-refractivity contribution < 1.29 is 4.74 Å². The van der Waals surface area contributed by atoms with Crippen LogP contribution in [0.2, 0.25) is 0 Å². The van der Waals surface area contributed by atoms with E-state index in [2.05, 4.69) is 34.8 Å². The summed E-state index contributed by atoms with van der Waals surface area (Å²) in [4.78, 5) is 7.24. The Labute approximate surface area is 122 Å². The summed E-state index contributed by atoms with van der Waals surface area (Å²) in [6, 6.07) is 0.884. The summed E-state index contributed by atoms with van der Waals surface area (Å²) in [5.74, 6) is 1.10. The van der Waals surface area contributed by atoms with Gasteiger partial charge in [-0.25, -0.2) is 4.98 Å². The summed E-state index contributed by atoms with van der Waals surface area (Å²) in [7, 11) is 3.80. The van der Waals surface area contributed by atoms with Crippen LogP contribution >= 0.6 is 0 Å². The molecule has 20 heavy (non-hydrogen) atoms. The van der Waals surface area contributed by atoms with Crippen LogP contribution in [0.5, 0.6) is 0 Å². The van der Waals surface area contributed by atoms with E-state index in [4.69, 9.17) is 9.72 Å². The Balaban J connectivity index is 2.22. The first-order valence-corrected chi connectivity index (χ1v) is 7.68. The molecule has 0 aliphatic carbocycles. The fourth-order valence-electron chi connectivity index (χ4n) is 2.88. The van der Waals surface area contributed by atoms with Crippen LogP contribution in [0, 0.1) is 0 Å². The van der Waals surface area contributed by atoms with Gasteiger partial charge in [0.05, 0.1) is 18.3 Å². The lowest BCUT2D eigenvalue weighted by Crippen LogP contribution is -2.45. The topological polar surface area (TPSA) is 42.3 Å². The summed E-state index contributed by atoms with van der Waals surface area (Å²) in [5, 5.41) is 3.39. The van der Waals surface area contributed by atoms with Crippen molar-refractivity contribution in [1.82, 2.24) is 14.9 Å². The summed E-state index contributed by atoms with van der Waals surface area (Å²) in [5.41, 5.74) is 1.16. The van der Waals surface area contributed by atoms with E-state index in [9.17, 15) is 0 Å². The van der Waals surface area contributed by atoms with Gasteiger partial charge in [-0.05, 0) is 33.2 Å². The molecule has 1 aliphatic rings. The molecular formula is C15H28N4O. The van der Waals surface area contributed by atoms with Gasteiger partial charge in [0.2, 0.25) is 5.95 Å². The Morgan fingerprint density at radius 2 is 2.35 bits per heavy atom. The fourth-order valence-corrected chi connectivity index (χ4v) is 2.88. The van der Waals surface area contributed by atoms with Gasteiger partial charge in [0, 0.05) is 32.4 Å². The Morgan fingerprint density at radius 3 is 3.00 bits per heavy atom. The number of methoxy groups -OCH3 is 1. The number of rotatable bonds is 6. The van der Waals surface area contributed by atoms with Crippen LogP contribution < -0.4 is 10.2 Å². The number of hydrogen-bond donors (Lipinski definition) is 1. The van der Waals surface area contributed by atoms with Gasteiger partial charge < -0.3 is 19.5 Å². The maximum Gasteiger partial charge on any atom is 0.206 e. The number of nitrogens with zero attached hydrogens (tertiary/aromatic N) is 3. The minimum atomic E-state index is 0.317. The molecule has 1 aromatic rings. The van der Waals surface area contributed by atoms with Crippen LogP contribution in [0.1, 0.15) is 38.4 Å². The van der Waals surface area contributed by atoms with Gasteiger partial charge in [-0.3, -0.25) is 0 Å². The van der Waals surface area contributed by atoms with E-state index in [1.54, 1.807) is 7.11 Å². The van der Waals surface area contributed by atoms with Crippen molar-refractivity contribution in [3.63, 3.8) is 0 Å². The molecule has 5 heteroatoms. The van der Waals surface area contributed by atoms with Crippen molar-refractivity contribution in [2.75, 3.05) is 38.8 Å². The molecule has 0 aromatic carbocycles. The second kappa shape index (κ2) is 7.09. The first-order valence-electron chi connectivity index (χ1n) is 7.68. The van der Waals surface area contributed by atoms with E-state index in [-0.39, 0.29) is 0 Å². The Bertz CT molecular complexity index is 418. The van der Waals surface area contributed by atoms with Crippen LogP contribution in [0.4, 0.5) is 5.95 Å².